The molecule has 1 nitrogen and oxygen atoms in total. The molecule has 0 fully saturated rings. The monoisotopic (exact) mass is 178 g/mol. The molecule has 0 saturated carbocycles. The fourth-order valence-electron chi connectivity index (χ4n) is 1.88. The second-order valence-corrected chi connectivity index (χ2v) is 3.70. The molecule has 0 aliphatic heterocycles. The van der Waals surface area contributed by atoms with E-state index in [0.29, 0.717) is 11.7 Å². The Bertz CT molecular complexity index is 258. The smallest absolute Gasteiger partial charge is 0.119 e. The molecule has 1 N–H and O–H groups in total. The van der Waals surface area contributed by atoms with Crippen molar-refractivity contribution in [2.24, 2.45) is 0 Å². The standard InChI is InChI=1S/C12H18O/c1-4-6-9(2)12-10(3)7-5-8-11(12)13/h5,7-9,13H,4,6H2,1-3H3. The van der Waals surface area contributed by atoms with Gasteiger partial charge in [-0.15, -0.1) is 0 Å². The lowest BCUT2D eigenvalue weighted by atomic mass is 9.92. The SMILES string of the molecule is CCCC(C)c1c(C)cccc1O. The first-order valence-electron chi connectivity index (χ1n) is 4.95. The van der Waals surface area contributed by atoms with Crippen LogP contribution in [0.5, 0.6) is 5.75 Å². The zero-order chi connectivity index (χ0) is 9.84. The maximum Gasteiger partial charge on any atom is 0.119 e. The number of aryl methyl sites for hydroxylation is 1. The lowest BCUT2D eigenvalue weighted by Crippen LogP contribution is -1.96. The Kier molecular flexibility index (Phi) is 3.35. The summed E-state index contributed by atoms with van der Waals surface area (Å²) in [5, 5.41) is 9.69. The van der Waals surface area contributed by atoms with Gasteiger partial charge in [-0.05, 0) is 36.5 Å². The van der Waals surface area contributed by atoms with E-state index in [1.165, 1.54) is 5.56 Å². The van der Waals surface area contributed by atoms with E-state index in [-0.39, 0.29) is 0 Å². The van der Waals surface area contributed by atoms with Crippen LogP contribution in [-0.2, 0) is 0 Å². The molecule has 1 heteroatoms. The molecule has 72 valence electrons. The third-order valence-corrected chi connectivity index (χ3v) is 2.52. The fourth-order valence-corrected chi connectivity index (χ4v) is 1.88. The first-order valence-corrected chi connectivity index (χ1v) is 4.95. The average molecular weight is 178 g/mol. The number of phenols is 1. The van der Waals surface area contributed by atoms with Crippen molar-refractivity contribution >= 4 is 0 Å². The van der Waals surface area contributed by atoms with Gasteiger partial charge in [-0.2, -0.15) is 0 Å². The van der Waals surface area contributed by atoms with Gasteiger partial charge in [0.15, 0.2) is 0 Å². The maximum absolute atomic E-state index is 9.69. The van der Waals surface area contributed by atoms with Gasteiger partial charge in [0, 0.05) is 0 Å². The molecule has 1 aromatic rings. The lowest BCUT2D eigenvalue weighted by Gasteiger charge is -2.15. The molecule has 13 heavy (non-hydrogen) atoms. The molecule has 0 aliphatic rings. The predicted octanol–water partition coefficient (Wildman–Crippen LogP) is 3.60. The summed E-state index contributed by atoms with van der Waals surface area (Å²) in [7, 11) is 0. The summed E-state index contributed by atoms with van der Waals surface area (Å²) in [6.07, 6.45) is 2.30. The Morgan fingerprint density at radius 2 is 2.08 bits per heavy atom. The second-order valence-electron chi connectivity index (χ2n) is 3.70. The fraction of sp³-hybridized carbons (Fsp3) is 0.500. The van der Waals surface area contributed by atoms with E-state index in [2.05, 4.69) is 26.8 Å². The zero-order valence-electron chi connectivity index (χ0n) is 8.67. The minimum Gasteiger partial charge on any atom is -0.508 e. The second kappa shape index (κ2) is 4.31. The molecule has 0 saturated heterocycles. The van der Waals surface area contributed by atoms with Crippen LogP contribution in [0.4, 0.5) is 0 Å². The number of phenolic OH excluding ortho intramolecular Hbond substituents is 1. The minimum absolute atomic E-state index is 0.445. The van der Waals surface area contributed by atoms with Crippen molar-refractivity contribution in [1.82, 2.24) is 0 Å². The molecule has 1 atom stereocenters. The van der Waals surface area contributed by atoms with Crippen LogP contribution in [-0.4, -0.2) is 5.11 Å². The van der Waals surface area contributed by atoms with Gasteiger partial charge in [0.1, 0.15) is 5.75 Å². The first-order chi connectivity index (χ1) is 6.16. The van der Waals surface area contributed by atoms with Gasteiger partial charge in [-0.3, -0.25) is 0 Å². The van der Waals surface area contributed by atoms with Crippen molar-refractivity contribution in [1.29, 1.82) is 0 Å². The number of rotatable bonds is 3. The van der Waals surface area contributed by atoms with E-state index in [0.717, 1.165) is 18.4 Å². The van der Waals surface area contributed by atoms with Crippen LogP contribution < -0.4 is 0 Å². The highest BCUT2D eigenvalue weighted by Crippen LogP contribution is 2.31. The summed E-state index contributed by atoms with van der Waals surface area (Å²) in [6.45, 7) is 6.40. The van der Waals surface area contributed by atoms with Crippen LogP contribution in [0.15, 0.2) is 18.2 Å². The van der Waals surface area contributed by atoms with E-state index in [1.54, 1.807) is 6.07 Å². The summed E-state index contributed by atoms with van der Waals surface area (Å²) in [5.41, 5.74) is 2.31. The van der Waals surface area contributed by atoms with Gasteiger partial charge in [-0.25, -0.2) is 0 Å². The predicted molar refractivity (Wildman–Crippen MR) is 56.2 cm³/mol. The summed E-state index contributed by atoms with van der Waals surface area (Å²) in [6, 6.07) is 5.72. The molecule has 0 aromatic heterocycles. The van der Waals surface area contributed by atoms with E-state index in [1.807, 2.05) is 6.07 Å². The van der Waals surface area contributed by atoms with E-state index in [4.69, 9.17) is 0 Å². The molecule has 1 unspecified atom stereocenters. The Hall–Kier alpha value is -0.980. The van der Waals surface area contributed by atoms with Crippen LogP contribution in [0.3, 0.4) is 0 Å². The van der Waals surface area contributed by atoms with Crippen LogP contribution in [0.1, 0.15) is 43.7 Å². The van der Waals surface area contributed by atoms with Gasteiger partial charge in [0.2, 0.25) is 0 Å². The van der Waals surface area contributed by atoms with Gasteiger partial charge in [0.05, 0.1) is 0 Å². The Balaban J connectivity index is 2.98. The van der Waals surface area contributed by atoms with Crippen molar-refractivity contribution in [2.75, 3.05) is 0 Å². The van der Waals surface area contributed by atoms with Crippen LogP contribution in [0.2, 0.25) is 0 Å². The largest absolute Gasteiger partial charge is 0.508 e. The zero-order valence-corrected chi connectivity index (χ0v) is 8.67. The quantitative estimate of drug-likeness (QED) is 0.749. The molecule has 1 aromatic carbocycles. The molecule has 0 bridgehead atoms. The number of aromatic hydroxyl groups is 1. The number of benzene rings is 1. The Labute approximate surface area is 80.4 Å². The van der Waals surface area contributed by atoms with E-state index >= 15 is 0 Å². The number of hydrogen-bond donors (Lipinski definition) is 1. The van der Waals surface area contributed by atoms with Crippen molar-refractivity contribution in [3.63, 3.8) is 0 Å². The van der Waals surface area contributed by atoms with E-state index in [9.17, 15) is 5.11 Å². The van der Waals surface area contributed by atoms with Crippen molar-refractivity contribution < 1.29 is 5.11 Å². The van der Waals surface area contributed by atoms with Crippen molar-refractivity contribution in [3.8, 4) is 5.75 Å². The molecule has 1 rings (SSSR count). The maximum atomic E-state index is 9.69. The first kappa shape index (κ1) is 10.1. The van der Waals surface area contributed by atoms with Gasteiger partial charge < -0.3 is 5.11 Å². The van der Waals surface area contributed by atoms with Gasteiger partial charge >= 0.3 is 0 Å². The Morgan fingerprint density at radius 3 is 2.62 bits per heavy atom. The molecular weight excluding hydrogens is 160 g/mol. The topological polar surface area (TPSA) is 20.2 Å². The molecule has 0 spiro atoms. The van der Waals surface area contributed by atoms with Crippen LogP contribution >= 0.6 is 0 Å². The molecular formula is C12H18O. The molecule has 0 radical (unpaired) electrons. The summed E-state index contributed by atoms with van der Waals surface area (Å²) in [5.74, 6) is 0.909. The van der Waals surface area contributed by atoms with E-state index < -0.39 is 0 Å². The molecule has 0 aliphatic carbocycles. The average Bonchev–Trinajstić information content (AvgIpc) is 2.04. The van der Waals surface area contributed by atoms with Crippen LogP contribution in [0.25, 0.3) is 0 Å². The van der Waals surface area contributed by atoms with Crippen molar-refractivity contribution in [3.05, 3.63) is 29.3 Å². The highest BCUT2D eigenvalue weighted by Gasteiger charge is 2.11. The third kappa shape index (κ3) is 2.24. The van der Waals surface area contributed by atoms with Crippen LogP contribution in [0, 0.1) is 6.92 Å². The van der Waals surface area contributed by atoms with Crippen molar-refractivity contribution in [2.45, 2.75) is 39.5 Å². The summed E-state index contributed by atoms with van der Waals surface area (Å²) < 4.78 is 0. The molecule has 0 amide bonds. The highest BCUT2D eigenvalue weighted by atomic mass is 16.3. The third-order valence-electron chi connectivity index (χ3n) is 2.52. The minimum atomic E-state index is 0.445. The lowest BCUT2D eigenvalue weighted by molar-refractivity contribution is 0.459. The molecule has 0 heterocycles. The van der Waals surface area contributed by atoms with Gasteiger partial charge in [-0.1, -0.05) is 32.4 Å². The normalized spacial score (nSPS) is 12.8. The van der Waals surface area contributed by atoms with Gasteiger partial charge in [0.25, 0.3) is 0 Å². The Morgan fingerprint density at radius 1 is 1.38 bits per heavy atom. The summed E-state index contributed by atoms with van der Waals surface area (Å²) in [4.78, 5) is 0. The highest BCUT2D eigenvalue weighted by molar-refractivity contribution is 5.40. The number of hydrogen-bond acceptors (Lipinski definition) is 1. The summed E-state index contributed by atoms with van der Waals surface area (Å²) >= 11 is 0.